The topological polar surface area (TPSA) is 84.9 Å². The molecule has 0 aliphatic carbocycles. The molecule has 1 N–H and O–H groups in total. The number of methoxy groups -OCH3 is 2. The average molecular weight is 460 g/mol. The smallest absolute Gasteiger partial charge is 0.335 e. The number of urea groups is 1. The quantitative estimate of drug-likeness (QED) is 0.442. The number of barbiturate groups is 1. The van der Waals surface area contributed by atoms with Crippen LogP contribution in [0.25, 0.3) is 6.08 Å². The molecule has 1 saturated heterocycles. The summed E-state index contributed by atoms with van der Waals surface area (Å²) in [6.07, 6.45) is 1.76. The largest absolute Gasteiger partial charge is 0.497 e. The van der Waals surface area contributed by atoms with Crippen molar-refractivity contribution in [3.8, 4) is 11.5 Å². The van der Waals surface area contributed by atoms with E-state index in [0.717, 1.165) is 4.90 Å². The first-order valence-corrected chi connectivity index (χ1v) is 10.4. The van der Waals surface area contributed by atoms with E-state index in [-0.39, 0.29) is 17.1 Å². The van der Waals surface area contributed by atoms with E-state index >= 15 is 0 Å². The Hall–Kier alpha value is -4.46. The Morgan fingerprint density at radius 1 is 0.912 bits per heavy atom. The van der Waals surface area contributed by atoms with Crippen molar-refractivity contribution in [1.29, 1.82) is 0 Å². The summed E-state index contributed by atoms with van der Waals surface area (Å²) in [5, 5.41) is 2.21. The van der Waals surface area contributed by atoms with Gasteiger partial charge in [0.25, 0.3) is 11.8 Å². The number of carbonyl (C=O) groups excluding carboxylic acids is 3. The molecule has 0 unspecified atom stereocenters. The Morgan fingerprint density at radius 3 is 2.29 bits per heavy atom. The molecule has 1 aliphatic rings. The van der Waals surface area contributed by atoms with Gasteiger partial charge in [-0.25, -0.2) is 14.1 Å². The monoisotopic (exact) mass is 460 g/mol. The number of carbonyl (C=O) groups is 3. The zero-order valence-electron chi connectivity index (χ0n) is 18.5. The maximum absolute atomic E-state index is 13.7. The Kier molecular flexibility index (Phi) is 6.40. The zero-order chi connectivity index (χ0) is 24.2. The van der Waals surface area contributed by atoms with Gasteiger partial charge < -0.3 is 9.47 Å². The maximum atomic E-state index is 13.7. The van der Waals surface area contributed by atoms with Crippen molar-refractivity contribution < 1.29 is 28.2 Å². The van der Waals surface area contributed by atoms with Crippen LogP contribution in [0.4, 0.5) is 14.9 Å². The molecule has 0 aromatic heterocycles. The van der Waals surface area contributed by atoms with Gasteiger partial charge in [-0.3, -0.25) is 14.9 Å². The summed E-state index contributed by atoms with van der Waals surface area (Å²) in [6.45, 7) is 0. The van der Waals surface area contributed by atoms with Crippen LogP contribution in [-0.2, 0) is 16.0 Å². The lowest BCUT2D eigenvalue weighted by Crippen LogP contribution is -2.54. The Balaban J connectivity index is 1.73. The molecule has 3 aromatic rings. The molecule has 172 valence electrons. The predicted octanol–water partition coefficient (Wildman–Crippen LogP) is 4.10. The third-order valence-corrected chi connectivity index (χ3v) is 5.37. The summed E-state index contributed by atoms with van der Waals surface area (Å²) in [5.41, 5.74) is 2.07. The van der Waals surface area contributed by atoms with E-state index in [4.69, 9.17) is 9.47 Å². The van der Waals surface area contributed by atoms with Crippen molar-refractivity contribution in [1.82, 2.24) is 5.32 Å². The summed E-state index contributed by atoms with van der Waals surface area (Å²) in [6, 6.07) is 16.8. The fourth-order valence-electron chi connectivity index (χ4n) is 3.65. The highest BCUT2D eigenvalue weighted by atomic mass is 19.1. The van der Waals surface area contributed by atoms with Crippen molar-refractivity contribution >= 4 is 29.6 Å². The van der Waals surface area contributed by atoms with Gasteiger partial charge in [0.1, 0.15) is 22.9 Å². The molecule has 0 bridgehead atoms. The number of ether oxygens (including phenoxy) is 2. The van der Waals surface area contributed by atoms with E-state index in [2.05, 4.69) is 5.32 Å². The third kappa shape index (κ3) is 4.66. The second-order valence-corrected chi connectivity index (χ2v) is 7.53. The lowest BCUT2D eigenvalue weighted by atomic mass is 9.97. The van der Waals surface area contributed by atoms with Crippen LogP contribution in [0.5, 0.6) is 11.5 Å². The van der Waals surface area contributed by atoms with E-state index in [1.165, 1.54) is 32.4 Å². The van der Waals surface area contributed by atoms with E-state index in [0.29, 0.717) is 34.6 Å². The van der Waals surface area contributed by atoms with Crippen molar-refractivity contribution in [2.24, 2.45) is 0 Å². The Morgan fingerprint density at radius 2 is 1.62 bits per heavy atom. The number of nitrogens with zero attached hydrogens (tertiary/aromatic N) is 1. The Labute approximate surface area is 195 Å². The SMILES string of the molecule is COc1ccc(N2C(=O)NC(=O)/C(=C\c3ccc(OC)cc3Cc3cccc(F)c3)C2=O)cc1. The van der Waals surface area contributed by atoms with Gasteiger partial charge in [-0.15, -0.1) is 0 Å². The van der Waals surface area contributed by atoms with Crippen LogP contribution < -0.4 is 19.7 Å². The number of benzene rings is 3. The highest BCUT2D eigenvalue weighted by Crippen LogP contribution is 2.27. The summed E-state index contributed by atoms with van der Waals surface area (Å²) >= 11 is 0. The first-order chi connectivity index (χ1) is 16.4. The third-order valence-electron chi connectivity index (χ3n) is 5.37. The molecule has 4 amide bonds. The number of anilines is 1. The van der Waals surface area contributed by atoms with Gasteiger partial charge in [0.2, 0.25) is 0 Å². The minimum atomic E-state index is -0.841. The summed E-state index contributed by atoms with van der Waals surface area (Å²) in [5.74, 6) is -0.793. The molecule has 34 heavy (non-hydrogen) atoms. The van der Waals surface area contributed by atoms with Gasteiger partial charge in [-0.2, -0.15) is 0 Å². The number of halogens is 1. The molecule has 1 heterocycles. The summed E-state index contributed by atoms with van der Waals surface area (Å²) in [7, 11) is 3.03. The van der Waals surface area contributed by atoms with Crippen LogP contribution in [0.2, 0.25) is 0 Å². The second kappa shape index (κ2) is 9.58. The van der Waals surface area contributed by atoms with Crippen LogP contribution in [0.3, 0.4) is 0 Å². The molecule has 4 rings (SSSR count). The van der Waals surface area contributed by atoms with Crippen molar-refractivity contribution in [3.63, 3.8) is 0 Å². The number of hydrogen-bond donors (Lipinski definition) is 1. The highest BCUT2D eigenvalue weighted by Gasteiger charge is 2.37. The van der Waals surface area contributed by atoms with Gasteiger partial charge in [0, 0.05) is 0 Å². The number of nitrogens with one attached hydrogen (secondary N) is 1. The van der Waals surface area contributed by atoms with E-state index in [1.807, 2.05) is 0 Å². The van der Waals surface area contributed by atoms with Gasteiger partial charge in [-0.05, 0) is 77.7 Å². The fourth-order valence-corrected chi connectivity index (χ4v) is 3.65. The highest BCUT2D eigenvalue weighted by molar-refractivity contribution is 6.39. The fraction of sp³-hybridized carbons (Fsp3) is 0.115. The van der Waals surface area contributed by atoms with Crippen LogP contribution in [0.15, 0.2) is 72.3 Å². The second-order valence-electron chi connectivity index (χ2n) is 7.53. The van der Waals surface area contributed by atoms with Crippen LogP contribution in [0.1, 0.15) is 16.7 Å². The minimum absolute atomic E-state index is 0.207. The van der Waals surface area contributed by atoms with Crippen molar-refractivity contribution in [2.75, 3.05) is 19.1 Å². The molecule has 0 atom stereocenters. The molecular formula is C26H21FN2O5. The van der Waals surface area contributed by atoms with Gasteiger partial charge >= 0.3 is 6.03 Å². The zero-order valence-corrected chi connectivity index (χ0v) is 18.5. The van der Waals surface area contributed by atoms with Crippen LogP contribution in [-0.4, -0.2) is 32.1 Å². The van der Waals surface area contributed by atoms with Crippen molar-refractivity contribution in [3.05, 3.63) is 94.8 Å². The molecule has 0 spiro atoms. The molecule has 8 heteroatoms. The van der Waals surface area contributed by atoms with Crippen LogP contribution >= 0.6 is 0 Å². The molecule has 7 nitrogen and oxygen atoms in total. The molecule has 0 radical (unpaired) electrons. The minimum Gasteiger partial charge on any atom is -0.497 e. The lowest BCUT2D eigenvalue weighted by molar-refractivity contribution is -0.122. The van der Waals surface area contributed by atoms with Gasteiger partial charge in [0.05, 0.1) is 19.9 Å². The standard InChI is InChI=1S/C26H21FN2O5/c1-33-21-10-7-20(8-11-21)29-25(31)23(24(30)28-26(29)32)15-17-6-9-22(34-2)14-18(17)12-16-4-3-5-19(27)13-16/h3-11,13-15H,12H2,1-2H3,(H,28,30,32)/b23-15+. The normalized spacial score (nSPS) is 14.9. The summed E-state index contributed by atoms with van der Waals surface area (Å²) in [4.78, 5) is 39.2. The number of rotatable bonds is 6. The van der Waals surface area contributed by atoms with Crippen LogP contribution in [0, 0.1) is 5.82 Å². The molecule has 0 saturated carbocycles. The van der Waals surface area contributed by atoms with Gasteiger partial charge in [0.15, 0.2) is 0 Å². The molecule has 3 aromatic carbocycles. The van der Waals surface area contributed by atoms with Gasteiger partial charge in [-0.1, -0.05) is 18.2 Å². The first kappa shape index (κ1) is 22.7. The van der Waals surface area contributed by atoms with E-state index < -0.39 is 17.8 Å². The molecule has 1 fully saturated rings. The molecular weight excluding hydrogens is 439 g/mol. The molecule has 1 aliphatic heterocycles. The first-order valence-electron chi connectivity index (χ1n) is 10.4. The maximum Gasteiger partial charge on any atom is 0.335 e. The number of hydrogen-bond acceptors (Lipinski definition) is 5. The van der Waals surface area contributed by atoms with E-state index in [9.17, 15) is 18.8 Å². The van der Waals surface area contributed by atoms with E-state index in [1.54, 1.807) is 54.6 Å². The average Bonchev–Trinajstić information content (AvgIpc) is 2.82. The summed E-state index contributed by atoms with van der Waals surface area (Å²) < 4.78 is 24.1. The Bertz CT molecular complexity index is 1300. The number of amides is 4. The number of imide groups is 2. The van der Waals surface area contributed by atoms with Crippen molar-refractivity contribution in [2.45, 2.75) is 6.42 Å². The predicted molar refractivity (Wildman–Crippen MR) is 124 cm³/mol. The lowest BCUT2D eigenvalue weighted by Gasteiger charge is -2.26.